The topological polar surface area (TPSA) is 73.0 Å². The molecule has 0 radical (unpaired) electrons. The van der Waals surface area contributed by atoms with Crippen molar-refractivity contribution in [3.8, 4) is 0 Å². The number of imidazole rings is 1. The van der Waals surface area contributed by atoms with Gasteiger partial charge >= 0.3 is 6.18 Å². The van der Waals surface area contributed by atoms with Gasteiger partial charge in [-0.2, -0.15) is 13.2 Å². The van der Waals surface area contributed by atoms with Gasteiger partial charge in [-0.15, -0.1) is 0 Å². The van der Waals surface area contributed by atoms with E-state index in [1.165, 1.54) is 6.08 Å². The summed E-state index contributed by atoms with van der Waals surface area (Å²) < 4.78 is 38.8. The van der Waals surface area contributed by atoms with E-state index in [2.05, 4.69) is 46.8 Å². The van der Waals surface area contributed by atoms with Crippen LogP contribution < -0.4 is 15.8 Å². The number of anilines is 1. The molecule has 2 aliphatic heterocycles. The molecule has 3 heterocycles. The number of rotatable bonds is 4. The monoisotopic (exact) mass is 481 g/mol. The highest BCUT2D eigenvalue weighted by molar-refractivity contribution is 6.04. The van der Waals surface area contributed by atoms with Crippen molar-refractivity contribution >= 4 is 22.6 Å². The number of amides is 1. The number of carbonyl (C=O) groups is 1. The number of hydrogen-bond donors (Lipinski definition) is 3. The number of nitrogens with zero attached hydrogens (tertiary/aromatic N) is 2. The third-order valence-electron chi connectivity index (χ3n) is 7.99. The Labute approximate surface area is 200 Å². The lowest BCUT2D eigenvalue weighted by Crippen LogP contribution is -2.69. The van der Waals surface area contributed by atoms with Crippen LogP contribution in [0.5, 0.6) is 0 Å². The molecule has 6 rings (SSSR count). The molecule has 1 aromatic carbocycles. The number of carbonyl (C=O) groups excluding carboxylic acids is 1. The predicted octanol–water partition coefficient (Wildman–Crippen LogP) is 4.88. The van der Waals surface area contributed by atoms with E-state index in [1.807, 2.05) is 29.2 Å². The predicted molar refractivity (Wildman–Crippen MR) is 127 cm³/mol. The zero-order valence-electron chi connectivity index (χ0n) is 19.4. The highest BCUT2D eigenvalue weighted by Gasteiger charge is 2.61. The van der Waals surface area contributed by atoms with Crippen molar-refractivity contribution in [2.24, 2.45) is 23.2 Å². The molecule has 1 aromatic heterocycles. The third kappa shape index (κ3) is 3.47. The minimum Gasteiger partial charge on any atom is -0.345 e. The van der Waals surface area contributed by atoms with E-state index in [0.717, 1.165) is 41.2 Å². The summed E-state index contributed by atoms with van der Waals surface area (Å²) in [5.74, 6) is 0.611. The zero-order valence-corrected chi connectivity index (χ0v) is 19.4. The first-order valence-corrected chi connectivity index (χ1v) is 11.9. The second-order valence-corrected chi connectivity index (χ2v) is 10.1. The second kappa shape index (κ2) is 7.50. The number of alkyl halides is 3. The Kier molecular flexibility index (Phi) is 4.72. The van der Waals surface area contributed by atoms with Gasteiger partial charge in [0.15, 0.2) is 0 Å². The van der Waals surface area contributed by atoms with Crippen LogP contribution in [0.3, 0.4) is 0 Å². The Hall–Kier alpha value is -3.49. The van der Waals surface area contributed by atoms with Gasteiger partial charge in [0.05, 0.1) is 35.0 Å². The highest BCUT2D eigenvalue weighted by Crippen LogP contribution is 2.56. The number of aromatic nitrogens is 2. The van der Waals surface area contributed by atoms with Crippen LogP contribution in [0.4, 0.5) is 18.9 Å². The maximum absolute atomic E-state index is 13.4. The normalized spacial score (nSPS) is 30.8. The first-order valence-electron chi connectivity index (χ1n) is 11.9. The summed E-state index contributed by atoms with van der Waals surface area (Å²) in [5, 5.41) is 0. The SMILES string of the molecule is CC1C=C(C2=CC=C(C(F)(F)F)NN2)C=CC1(C)[C@H]1[C@@H](C2CC2)C(=O)N1c1ccc2nc[nH]c2c1. The van der Waals surface area contributed by atoms with E-state index in [0.29, 0.717) is 11.6 Å². The molecule has 4 aliphatic rings. The summed E-state index contributed by atoms with van der Waals surface area (Å²) in [7, 11) is 0. The first kappa shape index (κ1) is 22.0. The van der Waals surface area contributed by atoms with Gasteiger partial charge in [-0.3, -0.25) is 10.2 Å². The number of halogens is 3. The van der Waals surface area contributed by atoms with Crippen molar-refractivity contribution in [2.45, 2.75) is 38.9 Å². The summed E-state index contributed by atoms with van der Waals surface area (Å²) >= 11 is 0. The van der Waals surface area contributed by atoms with Crippen molar-refractivity contribution in [3.63, 3.8) is 0 Å². The van der Waals surface area contributed by atoms with Crippen LogP contribution in [-0.4, -0.2) is 28.1 Å². The van der Waals surface area contributed by atoms with Crippen molar-refractivity contribution < 1.29 is 18.0 Å². The Morgan fingerprint density at radius 1 is 1.17 bits per heavy atom. The Morgan fingerprint density at radius 2 is 1.97 bits per heavy atom. The number of benzene rings is 1. The fourth-order valence-electron chi connectivity index (χ4n) is 5.64. The van der Waals surface area contributed by atoms with Crippen LogP contribution in [0, 0.1) is 23.2 Å². The second-order valence-electron chi connectivity index (χ2n) is 10.1. The maximum atomic E-state index is 13.4. The molecule has 2 aliphatic carbocycles. The number of hydrogen-bond acceptors (Lipinski definition) is 4. The van der Waals surface area contributed by atoms with Gasteiger partial charge in [-0.25, -0.2) is 4.98 Å². The molecular weight excluding hydrogens is 455 g/mol. The largest absolute Gasteiger partial charge is 0.432 e. The van der Waals surface area contributed by atoms with Gasteiger partial charge in [-0.05, 0) is 60.6 Å². The minimum atomic E-state index is -4.44. The summed E-state index contributed by atoms with van der Waals surface area (Å²) in [5.41, 5.74) is 7.75. The molecule has 1 saturated carbocycles. The molecule has 0 bridgehead atoms. The fraction of sp³-hybridized carbons (Fsp3) is 0.385. The van der Waals surface area contributed by atoms with Gasteiger partial charge in [-0.1, -0.05) is 32.1 Å². The Balaban J connectivity index is 1.31. The molecule has 6 nitrogen and oxygen atoms in total. The van der Waals surface area contributed by atoms with Crippen molar-refractivity contribution in [1.82, 2.24) is 20.8 Å². The summed E-state index contributed by atoms with van der Waals surface area (Å²) in [6, 6.07) is 5.85. The molecule has 35 heavy (non-hydrogen) atoms. The van der Waals surface area contributed by atoms with Crippen LogP contribution in [-0.2, 0) is 4.79 Å². The number of aromatic amines is 1. The van der Waals surface area contributed by atoms with Crippen LogP contribution >= 0.6 is 0 Å². The molecule has 2 aromatic rings. The Morgan fingerprint density at radius 3 is 2.63 bits per heavy atom. The van der Waals surface area contributed by atoms with Gasteiger partial charge in [0.1, 0.15) is 5.70 Å². The van der Waals surface area contributed by atoms with Crippen LogP contribution in [0.1, 0.15) is 26.7 Å². The highest BCUT2D eigenvalue weighted by atomic mass is 19.4. The van der Waals surface area contributed by atoms with Gasteiger partial charge in [0.25, 0.3) is 0 Å². The molecular formula is C26H26F3N5O. The van der Waals surface area contributed by atoms with Crippen molar-refractivity contribution in [1.29, 1.82) is 0 Å². The zero-order chi connectivity index (χ0) is 24.5. The van der Waals surface area contributed by atoms with Crippen LogP contribution in [0.25, 0.3) is 11.0 Å². The minimum absolute atomic E-state index is 0.00457. The summed E-state index contributed by atoms with van der Waals surface area (Å²) in [4.78, 5) is 22.7. The van der Waals surface area contributed by atoms with Crippen LogP contribution in [0.2, 0.25) is 0 Å². The third-order valence-corrected chi connectivity index (χ3v) is 7.99. The molecule has 3 N–H and O–H groups in total. The Bertz CT molecular complexity index is 1330. The quantitative estimate of drug-likeness (QED) is 0.545. The molecule has 1 amide bonds. The van der Waals surface area contributed by atoms with E-state index in [4.69, 9.17) is 0 Å². The molecule has 0 spiro atoms. The van der Waals surface area contributed by atoms with E-state index >= 15 is 0 Å². The van der Waals surface area contributed by atoms with E-state index in [1.54, 1.807) is 6.33 Å². The smallest absolute Gasteiger partial charge is 0.345 e. The van der Waals surface area contributed by atoms with Gasteiger partial charge < -0.3 is 15.3 Å². The van der Waals surface area contributed by atoms with E-state index in [-0.39, 0.29) is 29.2 Å². The summed E-state index contributed by atoms with van der Waals surface area (Å²) in [6.45, 7) is 4.29. The maximum Gasteiger partial charge on any atom is 0.432 e. The number of allylic oxidation sites excluding steroid dienone is 5. The van der Waals surface area contributed by atoms with E-state index < -0.39 is 11.9 Å². The number of fused-ring (bicyclic) bond motifs is 1. The molecule has 9 heteroatoms. The summed E-state index contributed by atoms with van der Waals surface area (Å²) in [6.07, 6.45) is 8.01. The lowest BCUT2D eigenvalue weighted by atomic mass is 9.60. The molecule has 4 atom stereocenters. The average molecular weight is 482 g/mol. The lowest BCUT2D eigenvalue weighted by molar-refractivity contribution is -0.134. The van der Waals surface area contributed by atoms with Crippen molar-refractivity contribution in [2.75, 3.05) is 4.90 Å². The van der Waals surface area contributed by atoms with E-state index in [9.17, 15) is 18.0 Å². The van der Waals surface area contributed by atoms with Gasteiger partial charge in [0.2, 0.25) is 5.91 Å². The number of nitrogens with one attached hydrogen (secondary N) is 3. The lowest BCUT2D eigenvalue weighted by Gasteiger charge is -2.57. The number of hydrazine groups is 1. The molecule has 182 valence electrons. The van der Waals surface area contributed by atoms with Crippen LogP contribution in [0.15, 0.2) is 71.9 Å². The molecule has 1 saturated heterocycles. The fourth-order valence-corrected chi connectivity index (χ4v) is 5.64. The average Bonchev–Trinajstić information content (AvgIpc) is 3.53. The molecule has 2 unspecified atom stereocenters. The number of H-pyrrole nitrogens is 1. The number of β-lactam (4-membered cyclic amide) rings is 1. The first-order chi connectivity index (χ1) is 16.7. The van der Waals surface area contributed by atoms with Crippen molar-refractivity contribution in [3.05, 3.63) is 71.9 Å². The molecule has 2 fully saturated rings. The standard InChI is InChI=1S/C26H26F3N5O/c1-14-11-16(18-7-8-21(33-32-18)26(27,28)29)9-10-25(14,2)23-22(15-3-4-15)24(35)34(23)17-5-6-19-20(12-17)31-13-30-19/h5-15,22-23,32-33H,3-4H2,1-2H3,(H,30,31)/t14?,22-,23-,25?/m1/s1. The van der Waals surface area contributed by atoms with Gasteiger partial charge in [0, 0.05) is 11.1 Å².